The predicted molar refractivity (Wildman–Crippen MR) is 111 cm³/mol. The van der Waals surface area contributed by atoms with E-state index in [0.29, 0.717) is 13.1 Å². The van der Waals surface area contributed by atoms with Crippen molar-refractivity contribution in [3.05, 3.63) is 53.4 Å². The molecule has 3 aromatic rings. The lowest BCUT2D eigenvalue weighted by Crippen LogP contribution is -2.26. The van der Waals surface area contributed by atoms with Crippen LogP contribution in [0.25, 0.3) is 21.7 Å². The number of pyridine rings is 1. The molecule has 0 fully saturated rings. The van der Waals surface area contributed by atoms with Crippen molar-refractivity contribution in [2.45, 2.75) is 20.3 Å². The molecule has 0 spiro atoms. The van der Waals surface area contributed by atoms with Gasteiger partial charge in [-0.05, 0) is 60.5 Å². The molecule has 0 unspecified atom stereocenters. The molecule has 0 bridgehead atoms. The van der Waals surface area contributed by atoms with Crippen LogP contribution in [-0.2, 0) is 11.2 Å². The number of amides is 1. The maximum Gasteiger partial charge on any atom is 0.216 e. The Labute approximate surface area is 163 Å². The van der Waals surface area contributed by atoms with Crippen LogP contribution in [0.2, 0.25) is 0 Å². The average molecular weight is 382 g/mol. The Hall–Kier alpha value is -2.86. The fraction of sp³-hybridized carbons (Fsp3) is 0.238. The van der Waals surface area contributed by atoms with Crippen molar-refractivity contribution in [1.82, 2.24) is 10.3 Å². The molecule has 0 saturated carbocycles. The number of aromatic nitrogens is 1. The number of thiophene rings is 1. The van der Waals surface area contributed by atoms with Crippen LogP contribution < -0.4 is 10.6 Å². The zero-order chi connectivity index (χ0) is 19.2. The third-order valence-electron chi connectivity index (χ3n) is 4.09. The van der Waals surface area contributed by atoms with Gasteiger partial charge in [-0.3, -0.25) is 4.79 Å². The Balaban J connectivity index is 1.91. The van der Waals surface area contributed by atoms with E-state index in [0.717, 1.165) is 29.1 Å². The lowest BCUT2D eigenvalue weighted by molar-refractivity contribution is -0.118. The van der Waals surface area contributed by atoms with Crippen LogP contribution in [0.4, 0.5) is 5.82 Å². The molecule has 0 aliphatic carbocycles. The summed E-state index contributed by atoms with van der Waals surface area (Å²) in [7, 11) is 0. The molecule has 0 saturated heterocycles. The molecule has 0 atom stereocenters. The highest BCUT2D eigenvalue weighted by Gasteiger charge is 2.09. The van der Waals surface area contributed by atoms with Crippen molar-refractivity contribution in [1.29, 1.82) is 0 Å². The van der Waals surface area contributed by atoms with Crippen LogP contribution >= 0.6 is 11.3 Å². The largest absolute Gasteiger partial charge is 0.508 e. The molecule has 3 N–H and O–H groups in total. The van der Waals surface area contributed by atoms with Gasteiger partial charge in [0, 0.05) is 35.3 Å². The maximum atomic E-state index is 11.0. The van der Waals surface area contributed by atoms with Crippen LogP contribution in [0.1, 0.15) is 18.7 Å². The molecule has 27 heavy (non-hydrogen) atoms. The van der Waals surface area contributed by atoms with E-state index in [-0.39, 0.29) is 11.7 Å². The SMILES string of the molecule is CCc1ccc(-c2cc(NCCNC(C)=O)nc(-c3ccc(O)cc3)c2)s1. The number of phenols is 1. The summed E-state index contributed by atoms with van der Waals surface area (Å²) in [5.41, 5.74) is 2.87. The highest BCUT2D eigenvalue weighted by atomic mass is 32.1. The van der Waals surface area contributed by atoms with E-state index in [4.69, 9.17) is 4.98 Å². The number of hydrogen-bond acceptors (Lipinski definition) is 5. The second-order valence-corrected chi connectivity index (χ2v) is 7.37. The molecule has 5 nitrogen and oxygen atoms in total. The van der Waals surface area contributed by atoms with Crippen LogP contribution in [-0.4, -0.2) is 29.1 Å². The first-order valence-electron chi connectivity index (χ1n) is 8.94. The van der Waals surface area contributed by atoms with E-state index in [1.807, 2.05) is 18.2 Å². The zero-order valence-electron chi connectivity index (χ0n) is 15.5. The quantitative estimate of drug-likeness (QED) is 0.534. The standard InChI is InChI=1S/C21H23N3O2S/c1-3-18-8-9-20(27-18)16-12-19(15-4-6-17(26)7-5-15)24-21(13-16)23-11-10-22-14(2)25/h4-9,12-13,26H,3,10-11H2,1-2H3,(H,22,25)(H,23,24). The van der Waals surface area contributed by atoms with E-state index in [1.54, 1.807) is 23.5 Å². The van der Waals surface area contributed by atoms with Crippen molar-refractivity contribution in [3.63, 3.8) is 0 Å². The highest BCUT2D eigenvalue weighted by Crippen LogP contribution is 2.33. The summed E-state index contributed by atoms with van der Waals surface area (Å²) in [6.45, 7) is 4.79. The number of anilines is 1. The monoisotopic (exact) mass is 381 g/mol. The van der Waals surface area contributed by atoms with Crippen LogP contribution in [0.3, 0.4) is 0 Å². The van der Waals surface area contributed by atoms with Gasteiger partial charge in [0.2, 0.25) is 5.91 Å². The minimum Gasteiger partial charge on any atom is -0.508 e. The van der Waals surface area contributed by atoms with Crippen LogP contribution in [0.15, 0.2) is 48.5 Å². The van der Waals surface area contributed by atoms with E-state index in [9.17, 15) is 9.90 Å². The highest BCUT2D eigenvalue weighted by molar-refractivity contribution is 7.15. The van der Waals surface area contributed by atoms with Gasteiger partial charge in [-0.25, -0.2) is 4.98 Å². The molecule has 0 radical (unpaired) electrons. The Morgan fingerprint density at radius 1 is 1.07 bits per heavy atom. The number of rotatable bonds is 7. The number of carbonyl (C=O) groups is 1. The van der Waals surface area contributed by atoms with E-state index >= 15 is 0 Å². The first-order chi connectivity index (χ1) is 13.0. The van der Waals surface area contributed by atoms with Crippen LogP contribution in [0.5, 0.6) is 5.75 Å². The fourth-order valence-corrected chi connectivity index (χ4v) is 3.63. The third-order valence-corrected chi connectivity index (χ3v) is 5.37. The second-order valence-electron chi connectivity index (χ2n) is 6.20. The lowest BCUT2D eigenvalue weighted by atomic mass is 10.1. The molecule has 1 amide bonds. The summed E-state index contributed by atoms with van der Waals surface area (Å²) >= 11 is 1.78. The summed E-state index contributed by atoms with van der Waals surface area (Å²) in [5, 5.41) is 15.6. The Morgan fingerprint density at radius 3 is 2.52 bits per heavy atom. The first-order valence-corrected chi connectivity index (χ1v) is 9.75. The Morgan fingerprint density at radius 2 is 1.85 bits per heavy atom. The van der Waals surface area contributed by atoms with Crippen molar-refractivity contribution in [2.24, 2.45) is 0 Å². The third kappa shape index (κ3) is 5.08. The summed E-state index contributed by atoms with van der Waals surface area (Å²) < 4.78 is 0. The van der Waals surface area contributed by atoms with Gasteiger partial charge >= 0.3 is 0 Å². The summed E-state index contributed by atoms with van der Waals surface area (Å²) in [5.74, 6) is 0.941. The first kappa shape index (κ1) is 18.9. The summed E-state index contributed by atoms with van der Waals surface area (Å²) in [6, 6.07) is 15.4. The van der Waals surface area contributed by atoms with E-state index in [2.05, 4.69) is 35.8 Å². The maximum absolute atomic E-state index is 11.0. The molecule has 0 aliphatic heterocycles. The van der Waals surface area contributed by atoms with E-state index in [1.165, 1.54) is 16.7 Å². The average Bonchev–Trinajstić information content (AvgIpc) is 3.15. The van der Waals surface area contributed by atoms with Gasteiger partial charge in [-0.15, -0.1) is 11.3 Å². The summed E-state index contributed by atoms with van der Waals surface area (Å²) in [6.07, 6.45) is 1.02. The molecule has 2 aromatic heterocycles. The number of aryl methyl sites for hydroxylation is 1. The van der Waals surface area contributed by atoms with Gasteiger partial charge in [0.1, 0.15) is 11.6 Å². The minimum absolute atomic E-state index is 0.0472. The van der Waals surface area contributed by atoms with Gasteiger partial charge in [-0.2, -0.15) is 0 Å². The zero-order valence-corrected chi connectivity index (χ0v) is 16.3. The molecule has 3 rings (SSSR count). The van der Waals surface area contributed by atoms with Gasteiger partial charge in [0.15, 0.2) is 0 Å². The molecule has 0 aliphatic rings. The molecule has 2 heterocycles. The number of aromatic hydroxyl groups is 1. The number of nitrogens with one attached hydrogen (secondary N) is 2. The smallest absolute Gasteiger partial charge is 0.216 e. The van der Waals surface area contributed by atoms with Crippen molar-refractivity contribution in [2.75, 3.05) is 18.4 Å². The number of hydrogen-bond donors (Lipinski definition) is 3. The fourth-order valence-electron chi connectivity index (χ4n) is 2.70. The van der Waals surface area contributed by atoms with Gasteiger partial charge in [0.25, 0.3) is 0 Å². The summed E-state index contributed by atoms with van der Waals surface area (Å²) in [4.78, 5) is 18.3. The van der Waals surface area contributed by atoms with Crippen LogP contribution in [0, 0.1) is 0 Å². The number of carbonyl (C=O) groups excluding carboxylic acids is 1. The van der Waals surface area contributed by atoms with Crippen molar-refractivity contribution >= 4 is 23.1 Å². The lowest BCUT2D eigenvalue weighted by Gasteiger charge is -2.11. The number of phenolic OH excluding ortho intramolecular Hbond substituents is 1. The molecule has 6 heteroatoms. The van der Waals surface area contributed by atoms with Gasteiger partial charge < -0.3 is 15.7 Å². The molecule has 1 aromatic carbocycles. The second kappa shape index (κ2) is 8.68. The van der Waals surface area contributed by atoms with Gasteiger partial charge in [-0.1, -0.05) is 6.92 Å². The topological polar surface area (TPSA) is 74.2 Å². The van der Waals surface area contributed by atoms with Crippen molar-refractivity contribution < 1.29 is 9.90 Å². The molecule has 140 valence electrons. The number of nitrogens with zero attached hydrogens (tertiary/aromatic N) is 1. The molecular weight excluding hydrogens is 358 g/mol. The minimum atomic E-state index is -0.0472. The van der Waals surface area contributed by atoms with Gasteiger partial charge in [0.05, 0.1) is 5.69 Å². The number of benzene rings is 1. The Bertz CT molecular complexity index is 919. The Kier molecular flexibility index (Phi) is 6.08. The van der Waals surface area contributed by atoms with E-state index < -0.39 is 0 Å². The molecular formula is C21H23N3O2S. The predicted octanol–water partition coefficient (Wildman–Crippen LogP) is 4.29. The van der Waals surface area contributed by atoms with Crippen molar-refractivity contribution in [3.8, 4) is 27.4 Å². The normalized spacial score (nSPS) is 10.6.